The number of aromatic nitrogens is 1. The van der Waals surface area contributed by atoms with Crippen LogP contribution in [0, 0.1) is 5.82 Å². The zero-order valence-electron chi connectivity index (χ0n) is 7.20. The van der Waals surface area contributed by atoms with Crippen LogP contribution < -0.4 is 0 Å². The Kier molecular flexibility index (Phi) is 2.00. The number of aryl methyl sites for hydroxylation is 1. The standard InChI is InChI=1S/C10H9ClFN/c1-2-6-5-13-10-8(6)3-7(12)4-9(10)11/h3-5,13H,2H2,1H3. The molecule has 0 aliphatic carbocycles. The Morgan fingerprint density at radius 3 is 2.92 bits per heavy atom. The number of aromatic amines is 1. The van der Waals surface area contributed by atoms with Gasteiger partial charge in [0, 0.05) is 11.6 Å². The van der Waals surface area contributed by atoms with E-state index < -0.39 is 0 Å². The molecule has 1 aromatic heterocycles. The zero-order valence-corrected chi connectivity index (χ0v) is 7.95. The van der Waals surface area contributed by atoms with Crippen molar-refractivity contribution in [2.24, 2.45) is 0 Å². The Labute approximate surface area is 80.5 Å². The first-order valence-electron chi connectivity index (χ1n) is 4.17. The van der Waals surface area contributed by atoms with Gasteiger partial charge in [-0.15, -0.1) is 0 Å². The van der Waals surface area contributed by atoms with E-state index in [-0.39, 0.29) is 5.82 Å². The molecular formula is C10H9ClFN. The van der Waals surface area contributed by atoms with Crippen molar-refractivity contribution in [3.8, 4) is 0 Å². The molecule has 68 valence electrons. The Balaban J connectivity index is 2.82. The molecule has 2 rings (SSSR count). The Hall–Kier alpha value is -1.02. The molecule has 0 saturated heterocycles. The molecule has 0 radical (unpaired) electrons. The average molecular weight is 198 g/mol. The second kappa shape index (κ2) is 3.04. The first kappa shape index (κ1) is 8.57. The summed E-state index contributed by atoms with van der Waals surface area (Å²) in [5.41, 5.74) is 1.91. The zero-order chi connectivity index (χ0) is 9.42. The summed E-state index contributed by atoms with van der Waals surface area (Å²) in [5, 5.41) is 1.32. The van der Waals surface area contributed by atoms with Gasteiger partial charge in [-0.3, -0.25) is 0 Å². The molecule has 0 bridgehead atoms. The van der Waals surface area contributed by atoms with Gasteiger partial charge in [0.05, 0.1) is 10.5 Å². The predicted octanol–water partition coefficient (Wildman–Crippen LogP) is 3.52. The summed E-state index contributed by atoms with van der Waals surface area (Å²) in [4.78, 5) is 3.04. The van der Waals surface area contributed by atoms with Crippen molar-refractivity contribution in [1.82, 2.24) is 4.98 Å². The lowest BCUT2D eigenvalue weighted by atomic mass is 10.1. The number of benzene rings is 1. The molecule has 0 spiro atoms. The van der Waals surface area contributed by atoms with Gasteiger partial charge < -0.3 is 4.98 Å². The van der Waals surface area contributed by atoms with Crippen LogP contribution in [0.25, 0.3) is 10.9 Å². The monoisotopic (exact) mass is 197 g/mol. The van der Waals surface area contributed by atoms with Crippen LogP contribution in [-0.4, -0.2) is 4.98 Å². The average Bonchev–Trinajstić information content (AvgIpc) is 2.47. The second-order valence-corrected chi connectivity index (χ2v) is 3.38. The minimum Gasteiger partial charge on any atom is -0.360 e. The minimum atomic E-state index is -0.285. The lowest BCUT2D eigenvalue weighted by molar-refractivity contribution is 0.629. The number of H-pyrrole nitrogens is 1. The van der Waals surface area contributed by atoms with E-state index in [1.807, 2.05) is 13.1 Å². The quantitative estimate of drug-likeness (QED) is 0.720. The van der Waals surface area contributed by atoms with Crippen LogP contribution in [0.2, 0.25) is 5.02 Å². The predicted molar refractivity (Wildman–Crippen MR) is 52.6 cm³/mol. The first-order valence-corrected chi connectivity index (χ1v) is 4.55. The second-order valence-electron chi connectivity index (χ2n) is 2.98. The van der Waals surface area contributed by atoms with Crippen LogP contribution in [0.5, 0.6) is 0 Å². The van der Waals surface area contributed by atoms with E-state index in [4.69, 9.17) is 11.6 Å². The molecule has 0 amide bonds. The van der Waals surface area contributed by atoms with Gasteiger partial charge in [-0.25, -0.2) is 4.39 Å². The molecule has 0 aliphatic rings. The summed E-state index contributed by atoms with van der Waals surface area (Å²) in [6.45, 7) is 2.03. The molecular weight excluding hydrogens is 189 g/mol. The van der Waals surface area contributed by atoms with Crippen molar-refractivity contribution < 1.29 is 4.39 Å². The fourth-order valence-corrected chi connectivity index (χ4v) is 1.76. The van der Waals surface area contributed by atoms with E-state index >= 15 is 0 Å². The van der Waals surface area contributed by atoms with Crippen molar-refractivity contribution in [3.63, 3.8) is 0 Å². The van der Waals surface area contributed by atoms with Crippen LogP contribution in [0.15, 0.2) is 18.3 Å². The van der Waals surface area contributed by atoms with Crippen molar-refractivity contribution in [2.75, 3.05) is 0 Å². The third-order valence-corrected chi connectivity index (χ3v) is 2.47. The summed E-state index contributed by atoms with van der Waals surface area (Å²) in [6.07, 6.45) is 2.75. The van der Waals surface area contributed by atoms with Crippen LogP contribution >= 0.6 is 11.6 Å². The molecule has 0 atom stereocenters. The van der Waals surface area contributed by atoms with Gasteiger partial charge in [0.15, 0.2) is 0 Å². The highest BCUT2D eigenvalue weighted by Crippen LogP contribution is 2.26. The van der Waals surface area contributed by atoms with Gasteiger partial charge in [0.25, 0.3) is 0 Å². The Bertz CT molecular complexity index is 447. The number of rotatable bonds is 1. The summed E-state index contributed by atoms with van der Waals surface area (Å²) < 4.78 is 13.0. The molecule has 0 aliphatic heterocycles. The van der Waals surface area contributed by atoms with Crippen LogP contribution in [-0.2, 0) is 6.42 Å². The maximum absolute atomic E-state index is 13.0. The normalized spacial score (nSPS) is 11.0. The summed E-state index contributed by atoms with van der Waals surface area (Å²) in [5.74, 6) is -0.285. The van der Waals surface area contributed by atoms with Crippen molar-refractivity contribution >= 4 is 22.5 Å². The molecule has 3 heteroatoms. The van der Waals surface area contributed by atoms with E-state index in [2.05, 4.69) is 4.98 Å². The highest BCUT2D eigenvalue weighted by atomic mass is 35.5. The van der Waals surface area contributed by atoms with Crippen molar-refractivity contribution in [2.45, 2.75) is 13.3 Å². The van der Waals surface area contributed by atoms with Gasteiger partial charge in [0.2, 0.25) is 0 Å². The topological polar surface area (TPSA) is 15.8 Å². The van der Waals surface area contributed by atoms with Crippen LogP contribution in [0.1, 0.15) is 12.5 Å². The lowest BCUT2D eigenvalue weighted by Gasteiger charge is -1.96. The summed E-state index contributed by atoms with van der Waals surface area (Å²) >= 11 is 5.86. The number of halogens is 2. The highest BCUT2D eigenvalue weighted by Gasteiger charge is 2.06. The molecule has 13 heavy (non-hydrogen) atoms. The van der Waals surface area contributed by atoms with Gasteiger partial charge >= 0.3 is 0 Å². The minimum absolute atomic E-state index is 0.285. The highest BCUT2D eigenvalue weighted by molar-refractivity contribution is 6.35. The fourth-order valence-electron chi connectivity index (χ4n) is 1.50. The first-order chi connectivity index (χ1) is 6.22. The van der Waals surface area contributed by atoms with Crippen LogP contribution in [0.3, 0.4) is 0 Å². The van der Waals surface area contributed by atoms with E-state index in [0.717, 1.165) is 22.9 Å². The smallest absolute Gasteiger partial charge is 0.125 e. The van der Waals surface area contributed by atoms with Crippen LogP contribution in [0.4, 0.5) is 4.39 Å². The molecule has 0 unspecified atom stereocenters. The Morgan fingerprint density at radius 1 is 1.46 bits per heavy atom. The van der Waals surface area contributed by atoms with Gasteiger partial charge in [-0.05, 0) is 24.1 Å². The third kappa shape index (κ3) is 1.31. The SMILES string of the molecule is CCc1c[nH]c2c(Cl)cc(F)cc12. The maximum Gasteiger partial charge on any atom is 0.125 e. The van der Waals surface area contributed by atoms with E-state index in [1.165, 1.54) is 12.1 Å². The molecule has 1 heterocycles. The molecule has 1 nitrogen and oxygen atoms in total. The van der Waals surface area contributed by atoms with Crippen molar-refractivity contribution in [3.05, 3.63) is 34.7 Å². The number of hydrogen-bond donors (Lipinski definition) is 1. The number of nitrogens with one attached hydrogen (secondary N) is 1. The number of fused-ring (bicyclic) bond motifs is 1. The van der Waals surface area contributed by atoms with Crippen molar-refractivity contribution in [1.29, 1.82) is 0 Å². The Morgan fingerprint density at radius 2 is 2.23 bits per heavy atom. The molecule has 2 aromatic rings. The van der Waals surface area contributed by atoms with E-state index in [1.54, 1.807) is 0 Å². The number of hydrogen-bond acceptors (Lipinski definition) is 0. The fraction of sp³-hybridized carbons (Fsp3) is 0.200. The maximum atomic E-state index is 13.0. The van der Waals surface area contributed by atoms with E-state index in [9.17, 15) is 4.39 Å². The molecule has 1 aromatic carbocycles. The summed E-state index contributed by atoms with van der Waals surface area (Å²) in [6, 6.07) is 2.83. The van der Waals surface area contributed by atoms with Gasteiger partial charge in [-0.2, -0.15) is 0 Å². The largest absolute Gasteiger partial charge is 0.360 e. The summed E-state index contributed by atoms with van der Waals surface area (Å²) in [7, 11) is 0. The van der Waals surface area contributed by atoms with Gasteiger partial charge in [0.1, 0.15) is 5.82 Å². The molecule has 0 fully saturated rings. The third-order valence-electron chi connectivity index (χ3n) is 2.17. The molecule has 0 saturated carbocycles. The van der Waals surface area contributed by atoms with Gasteiger partial charge in [-0.1, -0.05) is 18.5 Å². The molecule has 1 N–H and O–H groups in total. The lowest BCUT2D eigenvalue weighted by Crippen LogP contribution is -1.79. The van der Waals surface area contributed by atoms with E-state index in [0.29, 0.717) is 5.02 Å².